The Morgan fingerprint density at radius 3 is 2.63 bits per heavy atom. The molecule has 0 unspecified atom stereocenters. The average Bonchev–Trinajstić information content (AvgIpc) is 2.39. The molecule has 10 heteroatoms. The number of aromatic nitrogens is 1. The molecule has 104 valence electrons. The van der Waals surface area contributed by atoms with Crippen molar-refractivity contribution in [2.75, 3.05) is 32.0 Å². The Hall–Kier alpha value is -1.78. The summed E-state index contributed by atoms with van der Waals surface area (Å²) >= 11 is 0. The summed E-state index contributed by atoms with van der Waals surface area (Å²) < 4.78 is 30.7. The van der Waals surface area contributed by atoms with Gasteiger partial charge in [-0.1, -0.05) is 0 Å². The minimum atomic E-state index is -3.80. The van der Waals surface area contributed by atoms with Crippen molar-refractivity contribution in [3.63, 3.8) is 0 Å². The first-order valence-corrected chi connectivity index (χ1v) is 6.85. The number of nitro groups is 1. The predicted molar refractivity (Wildman–Crippen MR) is 64.9 cm³/mol. The molecule has 1 aliphatic heterocycles. The lowest BCUT2D eigenvalue weighted by Crippen LogP contribution is -2.40. The minimum Gasteiger partial charge on any atom is -0.379 e. The number of morpholine rings is 1. The topological polar surface area (TPSA) is 129 Å². The number of nitrogens with zero attached hydrogens (tertiary/aromatic N) is 3. The molecule has 0 spiro atoms. The summed E-state index contributed by atoms with van der Waals surface area (Å²) in [6.45, 7) is 1.01. The summed E-state index contributed by atoms with van der Waals surface area (Å²) in [5, 5.41) is 10.7. The molecule has 0 aliphatic carbocycles. The molecule has 0 aromatic carbocycles. The van der Waals surface area contributed by atoms with Gasteiger partial charge >= 0.3 is 5.69 Å². The van der Waals surface area contributed by atoms with Crippen LogP contribution < -0.4 is 5.73 Å². The highest BCUT2D eigenvalue weighted by Gasteiger charge is 2.29. The Morgan fingerprint density at radius 1 is 1.42 bits per heavy atom. The number of rotatable bonds is 3. The summed E-state index contributed by atoms with van der Waals surface area (Å²) in [6, 6.07) is 0.924. The van der Waals surface area contributed by atoms with Crippen molar-refractivity contribution in [3.05, 3.63) is 22.4 Å². The zero-order valence-corrected chi connectivity index (χ0v) is 10.7. The van der Waals surface area contributed by atoms with Crippen LogP contribution in [0, 0.1) is 10.1 Å². The molecular formula is C9H12N4O5S. The molecule has 1 fully saturated rings. The van der Waals surface area contributed by atoms with Crippen LogP contribution >= 0.6 is 0 Å². The van der Waals surface area contributed by atoms with E-state index in [0.717, 1.165) is 12.3 Å². The molecule has 1 aromatic rings. The quantitative estimate of drug-likeness (QED) is 0.591. The van der Waals surface area contributed by atoms with E-state index in [9.17, 15) is 18.5 Å². The van der Waals surface area contributed by atoms with E-state index in [1.165, 1.54) is 4.31 Å². The number of anilines is 1. The van der Waals surface area contributed by atoms with E-state index in [0.29, 0.717) is 13.2 Å². The van der Waals surface area contributed by atoms with Gasteiger partial charge in [0.05, 0.1) is 18.1 Å². The van der Waals surface area contributed by atoms with Gasteiger partial charge in [0.1, 0.15) is 4.90 Å². The molecule has 2 heterocycles. The normalized spacial score (nSPS) is 17.3. The van der Waals surface area contributed by atoms with Crippen molar-refractivity contribution in [1.82, 2.24) is 9.29 Å². The van der Waals surface area contributed by atoms with Crippen molar-refractivity contribution in [3.8, 4) is 0 Å². The van der Waals surface area contributed by atoms with Crippen LogP contribution in [0.5, 0.6) is 0 Å². The highest BCUT2D eigenvalue weighted by molar-refractivity contribution is 7.89. The molecule has 0 saturated carbocycles. The third-order valence-electron chi connectivity index (χ3n) is 2.68. The molecule has 0 bridgehead atoms. The number of nitrogen functional groups attached to an aromatic ring is 1. The van der Waals surface area contributed by atoms with Crippen molar-refractivity contribution >= 4 is 21.5 Å². The second-order valence-corrected chi connectivity index (χ2v) is 5.79. The van der Waals surface area contributed by atoms with Gasteiger partial charge in [-0.05, 0) is 0 Å². The summed E-state index contributed by atoms with van der Waals surface area (Å²) in [6.07, 6.45) is 1.02. The van der Waals surface area contributed by atoms with Crippen molar-refractivity contribution in [2.45, 2.75) is 4.90 Å². The predicted octanol–water partition coefficient (Wildman–Crippen LogP) is -0.407. The average molecular weight is 288 g/mol. The monoisotopic (exact) mass is 288 g/mol. The van der Waals surface area contributed by atoms with E-state index in [4.69, 9.17) is 10.5 Å². The fraction of sp³-hybridized carbons (Fsp3) is 0.444. The van der Waals surface area contributed by atoms with Crippen LogP contribution in [0.25, 0.3) is 0 Å². The molecule has 1 saturated heterocycles. The molecule has 19 heavy (non-hydrogen) atoms. The van der Waals surface area contributed by atoms with Crippen LogP contribution in [0.15, 0.2) is 17.2 Å². The summed E-state index contributed by atoms with van der Waals surface area (Å²) in [7, 11) is -3.80. The van der Waals surface area contributed by atoms with Crippen molar-refractivity contribution in [1.29, 1.82) is 0 Å². The first-order valence-electron chi connectivity index (χ1n) is 5.41. The Bertz CT molecular complexity index is 597. The lowest BCUT2D eigenvalue weighted by molar-refractivity contribution is -0.384. The van der Waals surface area contributed by atoms with Crippen LogP contribution in [0.1, 0.15) is 0 Å². The molecule has 9 nitrogen and oxygen atoms in total. The van der Waals surface area contributed by atoms with Gasteiger partial charge in [0, 0.05) is 25.4 Å². The standard InChI is InChI=1S/C9H12N4O5S/c10-9-8(13(14)15)5-7(6-11-9)19(16,17)12-1-3-18-4-2-12/h5-6H,1-4H2,(H2,10,11). The van der Waals surface area contributed by atoms with Crippen molar-refractivity contribution in [2.24, 2.45) is 0 Å². The highest BCUT2D eigenvalue weighted by atomic mass is 32.2. The number of hydrogen-bond donors (Lipinski definition) is 1. The maximum Gasteiger partial charge on any atom is 0.312 e. The minimum absolute atomic E-state index is 0.209. The number of sulfonamides is 1. The lowest BCUT2D eigenvalue weighted by Gasteiger charge is -2.25. The van der Waals surface area contributed by atoms with E-state index in [-0.39, 0.29) is 23.8 Å². The van der Waals surface area contributed by atoms with Crippen LogP contribution in [0.2, 0.25) is 0 Å². The van der Waals surface area contributed by atoms with Crippen LogP contribution in [0.3, 0.4) is 0 Å². The number of pyridine rings is 1. The Morgan fingerprint density at radius 2 is 2.05 bits per heavy atom. The van der Waals surface area contributed by atoms with Crippen LogP contribution in [0.4, 0.5) is 11.5 Å². The third-order valence-corrected chi connectivity index (χ3v) is 4.54. The second-order valence-electron chi connectivity index (χ2n) is 3.85. The molecule has 2 N–H and O–H groups in total. The molecule has 0 radical (unpaired) electrons. The Labute approximate surface area is 109 Å². The number of nitrogens with two attached hydrogens (primary N) is 1. The molecule has 0 amide bonds. The number of hydrogen-bond acceptors (Lipinski definition) is 7. The van der Waals surface area contributed by atoms with Crippen LogP contribution in [-0.4, -0.2) is 48.9 Å². The van der Waals surface area contributed by atoms with Crippen LogP contribution in [-0.2, 0) is 14.8 Å². The first-order chi connectivity index (χ1) is 8.93. The van der Waals surface area contributed by atoms with E-state index in [1.54, 1.807) is 0 Å². The summed E-state index contributed by atoms with van der Waals surface area (Å²) in [5.74, 6) is -0.314. The van der Waals surface area contributed by atoms with Gasteiger partial charge in [-0.25, -0.2) is 13.4 Å². The van der Waals surface area contributed by atoms with Crippen molar-refractivity contribution < 1.29 is 18.1 Å². The number of ether oxygens (including phenoxy) is 1. The molecule has 2 rings (SSSR count). The maximum atomic E-state index is 12.2. The Balaban J connectivity index is 2.40. The first kappa shape index (κ1) is 13.6. The fourth-order valence-electron chi connectivity index (χ4n) is 1.67. The van der Waals surface area contributed by atoms with E-state index >= 15 is 0 Å². The van der Waals surface area contributed by atoms with E-state index < -0.39 is 20.6 Å². The third kappa shape index (κ3) is 2.64. The van der Waals surface area contributed by atoms with Gasteiger partial charge < -0.3 is 10.5 Å². The second kappa shape index (κ2) is 5.07. The molecule has 1 aromatic heterocycles. The van der Waals surface area contributed by atoms with Gasteiger partial charge in [0.25, 0.3) is 0 Å². The van der Waals surface area contributed by atoms with Gasteiger partial charge in [-0.2, -0.15) is 4.31 Å². The van der Waals surface area contributed by atoms with Gasteiger partial charge in [-0.15, -0.1) is 0 Å². The van der Waals surface area contributed by atoms with Gasteiger partial charge in [-0.3, -0.25) is 10.1 Å². The largest absolute Gasteiger partial charge is 0.379 e. The SMILES string of the molecule is Nc1ncc(S(=O)(=O)N2CCOCC2)cc1[N+](=O)[O-]. The maximum absolute atomic E-state index is 12.2. The van der Waals surface area contributed by atoms with E-state index in [2.05, 4.69) is 4.98 Å². The van der Waals surface area contributed by atoms with Gasteiger partial charge in [0.2, 0.25) is 15.8 Å². The summed E-state index contributed by atoms with van der Waals surface area (Å²) in [4.78, 5) is 13.3. The fourth-order valence-corrected chi connectivity index (χ4v) is 3.04. The molecule has 1 aliphatic rings. The lowest BCUT2D eigenvalue weighted by atomic mass is 10.4. The highest BCUT2D eigenvalue weighted by Crippen LogP contribution is 2.24. The Kier molecular flexibility index (Phi) is 3.64. The van der Waals surface area contributed by atoms with Gasteiger partial charge in [0.15, 0.2) is 0 Å². The zero-order chi connectivity index (χ0) is 14.0. The smallest absolute Gasteiger partial charge is 0.312 e. The summed E-state index contributed by atoms with van der Waals surface area (Å²) in [5.41, 5.74) is 4.81. The molecular weight excluding hydrogens is 276 g/mol. The zero-order valence-electron chi connectivity index (χ0n) is 9.85. The van der Waals surface area contributed by atoms with E-state index in [1.807, 2.05) is 0 Å². The molecule has 0 atom stereocenters.